The number of nitrogens with two attached hydrogens (primary N) is 1. The molecule has 1 aliphatic carbocycles. The fourth-order valence-electron chi connectivity index (χ4n) is 2.53. The number of aryl methyl sites for hydroxylation is 3. The summed E-state index contributed by atoms with van der Waals surface area (Å²) < 4.78 is 24.6. The first-order valence-electron chi connectivity index (χ1n) is 5.87. The fraction of sp³-hybridized carbons (Fsp3) is 0.538. The summed E-state index contributed by atoms with van der Waals surface area (Å²) in [6.45, 7) is 5.92. The van der Waals surface area contributed by atoms with Crippen LogP contribution in [0.5, 0.6) is 0 Å². The average Bonchev–Trinajstić information content (AvgIpc) is 2.95. The highest BCUT2D eigenvalue weighted by Gasteiger charge is 2.54. The molecule has 1 fully saturated rings. The Morgan fingerprint density at radius 2 is 1.65 bits per heavy atom. The fourth-order valence-corrected chi connectivity index (χ4v) is 4.79. The van der Waals surface area contributed by atoms with Crippen molar-refractivity contribution in [3.8, 4) is 0 Å². The highest BCUT2D eigenvalue weighted by molar-refractivity contribution is 7.93. The van der Waals surface area contributed by atoms with Gasteiger partial charge in [0.25, 0.3) is 0 Å². The number of rotatable bonds is 3. The Kier molecular flexibility index (Phi) is 2.83. The minimum absolute atomic E-state index is 0.224. The maximum absolute atomic E-state index is 12.6. The Morgan fingerprint density at radius 3 is 2.00 bits per heavy atom. The van der Waals surface area contributed by atoms with Gasteiger partial charge in [-0.05, 0) is 44.7 Å². The quantitative estimate of drug-likeness (QED) is 0.894. The molecule has 1 saturated carbocycles. The lowest BCUT2D eigenvalue weighted by molar-refractivity contribution is 0.576. The molecule has 0 atom stereocenters. The Bertz CT molecular complexity index is 534. The van der Waals surface area contributed by atoms with Crippen LogP contribution in [0.1, 0.15) is 29.5 Å². The maximum Gasteiger partial charge on any atom is 0.185 e. The van der Waals surface area contributed by atoms with Gasteiger partial charge in [-0.3, -0.25) is 0 Å². The van der Waals surface area contributed by atoms with E-state index >= 15 is 0 Å². The summed E-state index contributed by atoms with van der Waals surface area (Å²) in [7, 11) is -3.28. The van der Waals surface area contributed by atoms with Gasteiger partial charge in [-0.15, -0.1) is 0 Å². The largest absolute Gasteiger partial charge is 0.329 e. The van der Waals surface area contributed by atoms with Crippen LogP contribution in [-0.2, 0) is 9.84 Å². The van der Waals surface area contributed by atoms with E-state index in [4.69, 9.17) is 5.73 Å². The second-order valence-electron chi connectivity index (χ2n) is 5.12. The van der Waals surface area contributed by atoms with Gasteiger partial charge in [0.2, 0.25) is 0 Å². The minimum Gasteiger partial charge on any atom is -0.329 e. The molecule has 0 heterocycles. The highest BCUT2D eigenvalue weighted by Crippen LogP contribution is 2.47. The molecule has 17 heavy (non-hydrogen) atoms. The van der Waals surface area contributed by atoms with Crippen molar-refractivity contribution in [1.82, 2.24) is 0 Å². The van der Waals surface area contributed by atoms with Gasteiger partial charge in [0.1, 0.15) is 0 Å². The first-order valence-corrected chi connectivity index (χ1v) is 7.35. The van der Waals surface area contributed by atoms with Crippen molar-refractivity contribution < 1.29 is 8.42 Å². The van der Waals surface area contributed by atoms with E-state index in [0.717, 1.165) is 16.7 Å². The van der Waals surface area contributed by atoms with Crippen LogP contribution in [0.15, 0.2) is 17.0 Å². The molecule has 0 aliphatic heterocycles. The van der Waals surface area contributed by atoms with Crippen molar-refractivity contribution in [3.05, 3.63) is 28.8 Å². The monoisotopic (exact) mass is 253 g/mol. The molecular formula is C13H19NO2S. The Balaban J connectivity index is 2.63. The molecule has 2 rings (SSSR count). The third-order valence-electron chi connectivity index (χ3n) is 3.62. The SMILES string of the molecule is Cc1cc(C)c(S(=O)(=O)C2(CN)CC2)c(C)c1. The van der Waals surface area contributed by atoms with E-state index in [1.54, 1.807) is 0 Å². The van der Waals surface area contributed by atoms with E-state index in [-0.39, 0.29) is 6.54 Å². The lowest BCUT2D eigenvalue weighted by Crippen LogP contribution is -2.32. The van der Waals surface area contributed by atoms with Gasteiger partial charge in [0, 0.05) is 6.54 Å². The average molecular weight is 253 g/mol. The molecule has 0 bridgehead atoms. The van der Waals surface area contributed by atoms with Gasteiger partial charge in [-0.2, -0.15) is 0 Å². The Labute approximate surface area is 103 Å². The number of benzene rings is 1. The summed E-state index contributed by atoms with van der Waals surface area (Å²) in [4.78, 5) is 0.492. The maximum atomic E-state index is 12.6. The summed E-state index contributed by atoms with van der Waals surface area (Å²) in [5, 5.41) is 0. The van der Waals surface area contributed by atoms with E-state index in [0.29, 0.717) is 17.7 Å². The second-order valence-corrected chi connectivity index (χ2v) is 7.40. The second kappa shape index (κ2) is 3.82. The normalized spacial score (nSPS) is 18.1. The topological polar surface area (TPSA) is 60.2 Å². The summed E-state index contributed by atoms with van der Waals surface area (Å²) in [5.74, 6) is 0. The predicted octanol–water partition coefficient (Wildman–Crippen LogP) is 1.88. The predicted molar refractivity (Wildman–Crippen MR) is 68.9 cm³/mol. The number of hydrogen-bond acceptors (Lipinski definition) is 3. The lowest BCUT2D eigenvalue weighted by Gasteiger charge is -2.18. The molecule has 0 aromatic heterocycles. The van der Waals surface area contributed by atoms with Crippen LogP contribution in [0.3, 0.4) is 0 Å². The molecule has 1 aromatic carbocycles. The lowest BCUT2D eigenvalue weighted by atomic mass is 10.1. The van der Waals surface area contributed by atoms with E-state index < -0.39 is 14.6 Å². The zero-order valence-electron chi connectivity index (χ0n) is 10.6. The van der Waals surface area contributed by atoms with Crippen molar-refractivity contribution in [2.45, 2.75) is 43.3 Å². The molecule has 94 valence electrons. The summed E-state index contributed by atoms with van der Waals surface area (Å²) in [5.41, 5.74) is 8.41. The van der Waals surface area contributed by atoms with Crippen molar-refractivity contribution >= 4 is 9.84 Å². The zero-order chi connectivity index (χ0) is 12.8. The molecule has 0 amide bonds. The van der Waals surface area contributed by atoms with Gasteiger partial charge in [0.05, 0.1) is 9.64 Å². The van der Waals surface area contributed by atoms with Crippen molar-refractivity contribution in [3.63, 3.8) is 0 Å². The molecular weight excluding hydrogens is 234 g/mol. The van der Waals surface area contributed by atoms with Crippen LogP contribution >= 0.6 is 0 Å². The van der Waals surface area contributed by atoms with Crippen LogP contribution in [0.25, 0.3) is 0 Å². The highest BCUT2D eigenvalue weighted by atomic mass is 32.2. The van der Waals surface area contributed by atoms with Gasteiger partial charge >= 0.3 is 0 Å². The van der Waals surface area contributed by atoms with Gasteiger partial charge in [-0.1, -0.05) is 17.7 Å². The smallest absolute Gasteiger partial charge is 0.185 e. The van der Waals surface area contributed by atoms with Crippen LogP contribution < -0.4 is 5.73 Å². The van der Waals surface area contributed by atoms with Crippen LogP contribution in [0, 0.1) is 20.8 Å². The molecule has 2 N–H and O–H groups in total. The summed E-state index contributed by atoms with van der Waals surface area (Å²) >= 11 is 0. The van der Waals surface area contributed by atoms with E-state index in [1.807, 2.05) is 32.9 Å². The molecule has 4 heteroatoms. The zero-order valence-corrected chi connectivity index (χ0v) is 11.4. The standard InChI is InChI=1S/C13H19NO2S/c1-9-6-10(2)12(11(3)7-9)17(15,16)13(8-14)4-5-13/h6-7H,4-5,8,14H2,1-3H3. The van der Waals surface area contributed by atoms with E-state index in [1.165, 1.54) is 0 Å². The van der Waals surface area contributed by atoms with Crippen LogP contribution in [0.4, 0.5) is 0 Å². The third-order valence-corrected chi connectivity index (χ3v) is 6.52. The Morgan fingerprint density at radius 1 is 1.18 bits per heavy atom. The molecule has 1 aliphatic rings. The van der Waals surface area contributed by atoms with Gasteiger partial charge in [0.15, 0.2) is 9.84 Å². The Hall–Kier alpha value is -0.870. The number of hydrogen-bond donors (Lipinski definition) is 1. The molecule has 0 unspecified atom stereocenters. The molecule has 0 radical (unpaired) electrons. The first kappa shape index (κ1) is 12.6. The minimum atomic E-state index is -3.28. The van der Waals surface area contributed by atoms with Gasteiger partial charge in [-0.25, -0.2) is 8.42 Å². The molecule has 3 nitrogen and oxygen atoms in total. The first-order chi connectivity index (χ1) is 7.84. The van der Waals surface area contributed by atoms with Crippen LogP contribution in [0.2, 0.25) is 0 Å². The van der Waals surface area contributed by atoms with Gasteiger partial charge < -0.3 is 5.73 Å². The van der Waals surface area contributed by atoms with Crippen molar-refractivity contribution in [2.24, 2.45) is 5.73 Å². The van der Waals surface area contributed by atoms with E-state index in [2.05, 4.69) is 0 Å². The third kappa shape index (κ3) is 1.79. The van der Waals surface area contributed by atoms with Crippen molar-refractivity contribution in [2.75, 3.05) is 6.54 Å². The molecule has 1 aromatic rings. The summed E-state index contributed by atoms with van der Waals surface area (Å²) in [6, 6.07) is 3.85. The molecule has 0 spiro atoms. The van der Waals surface area contributed by atoms with E-state index in [9.17, 15) is 8.42 Å². The summed E-state index contributed by atoms with van der Waals surface area (Å²) in [6.07, 6.45) is 1.39. The number of sulfone groups is 1. The molecule has 0 saturated heterocycles. The van der Waals surface area contributed by atoms with Crippen molar-refractivity contribution in [1.29, 1.82) is 0 Å². The van der Waals surface area contributed by atoms with Crippen LogP contribution in [-0.4, -0.2) is 19.7 Å².